The highest BCUT2D eigenvalue weighted by Gasteiger charge is 2.52. The first kappa shape index (κ1) is 22.7. The van der Waals surface area contributed by atoms with E-state index in [1.807, 2.05) is 66.0 Å². The predicted octanol–water partition coefficient (Wildman–Crippen LogP) is 4.49. The van der Waals surface area contributed by atoms with Crippen LogP contribution in [0.1, 0.15) is 70.6 Å². The van der Waals surface area contributed by atoms with E-state index >= 15 is 0 Å². The van der Waals surface area contributed by atoms with E-state index in [1.54, 1.807) is 6.92 Å². The summed E-state index contributed by atoms with van der Waals surface area (Å²) in [6.07, 6.45) is 1.38. The van der Waals surface area contributed by atoms with Crippen LogP contribution in [0.3, 0.4) is 0 Å². The van der Waals surface area contributed by atoms with E-state index in [4.69, 9.17) is 14.0 Å². The molecule has 8 heteroatoms. The molecule has 154 valence electrons. The maximum atomic E-state index is 12.1. The third-order valence-corrected chi connectivity index (χ3v) is 5.76. The third kappa shape index (κ3) is 5.69. The summed E-state index contributed by atoms with van der Waals surface area (Å²) in [7, 11) is -0.611. The maximum Gasteiger partial charge on any atom is 0.492 e. The van der Waals surface area contributed by atoms with Crippen molar-refractivity contribution in [1.29, 1.82) is 0 Å². The number of amides is 1. The van der Waals surface area contributed by atoms with Crippen LogP contribution in [0, 0.1) is 0 Å². The molecule has 1 saturated heterocycles. The second-order valence-electron chi connectivity index (χ2n) is 8.96. The molecule has 0 saturated carbocycles. The number of nitrogens with one attached hydrogen (secondary N) is 1. The van der Waals surface area contributed by atoms with Crippen LogP contribution in [0.25, 0.3) is 6.08 Å². The van der Waals surface area contributed by atoms with Crippen LogP contribution in [0.4, 0.5) is 4.79 Å². The van der Waals surface area contributed by atoms with E-state index in [0.717, 1.165) is 11.0 Å². The van der Waals surface area contributed by atoms with Gasteiger partial charge in [0.2, 0.25) is 0 Å². The lowest BCUT2D eigenvalue weighted by Crippen LogP contribution is -2.41. The Labute approximate surface area is 171 Å². The number of Topliss-reactive ketones (excluding diaryl/α,β-unsaturated/α-hetero) is 1. The summed E-state index contributed by atoms with van der Waals surface area (Å²) in [5.41, 5.74) is 0.0366. The Morgan fingerprint density at radius 1 is 1.21 bits per heavy atom. The summed E-state index contributed by atoms with van der Waals surface area (Å²) in [5, 5.41) is 4.67. The summed E-state index contributed by atoms with van der Waals surface area (Å²) >= 11 is 1.39. The normalized spacial score (nSPS) is 18.9. The van der Waals surface area contributed by atoms with Crippen molar-refractivity contribution in [2.45, 2.75) is 72.2 Å². The second-order valence-corrected chi connectivity index (χ2v) is 9.87. The molecule has 1 aromatic rings. The van der Waals surface area contributed by atoms with Crippen molar-refractivity contribution in [1.82, 2.24) is 5.32 Å². The second kappa shape index (κ2) is 8.01. The van der Waals surface area contributed by atoms with Gasteiger partial charge >= 0.3 is 13.2 Å². The Bertz CT molecular complexity index is 760. The van der Waals surface area contributed by atoms with E-state index in [2.05, 4.69) is 5.32 Å². The lowest BCUT2D eigenvalue weighted by molar-refractivity contribution is 0.00578. The Morgan fingerprint density at radius 2 is 1.79 bits per heavy atom. The summed E-state index contributed by atoms with van der Waals surface area (Å²) in [5.74, 6) is 0.0220. The fourth-order valence-electron chi connectivity index (χ4n) is 2.51. The number of thiophene rings is 1. The van der Waals surface area contributed by atoms with E-state index in [-0.39, 0.29) is 12.3 Å². The Morgan fingerprint density at radius 3 is 2.25 bits per heavy atom. The largest absolute Gasteiger partial charge is 0.492 e. The average molecular weight is 407 g/mol. The molecule has 1 fully saturated rings. The predicted molar refractivity (Wildman–Crippen MR) is 113 cm³/mol. The van der Waals surface area contributed by atoms with E-state index < -0.39 is 30.0 Å². The van der Waals surface area contributed by atoms with Gasteiger partial charge in [0.1, 0.15) is 5.60 Å². The number of hydrogen-bond acceptors (Lipinski definition) is 6. The third-order valence-electron chi connectivity index (χ3n) is 4.71. The minimum Gasteiger partial charge on any atom is -0.444 e. The van der Waals surface area contributed by atoms with Gasteiger partial charge in [0.05, 0.1) is 16.1 Å². The van der Waals surface area contributed by atoms with Crippen LogP contribution in [-0.4, -0.2) is 42.3 Å². The van der Waals surface area contributed by atoms with Crippen molar-refractivity contribution in [3.63, 3.8) is 0 Å². The maximum absolute atomic E-state index is 12.1. The van der Waals surface area contributed by atoms with Gasteiger partial charge in [-0.3, -0.25) is 4.79 Å². The molecule has 2 heterocycles. The van der Waals surface area contributed by atoms with Crippen molar-refractivity contribution in [2.75, 3.05) is 6.54 Å². The molecule has 28 heavy (non-hydrogen) atoms. The van der Waals surface area contributed by atoms with E-state index in [1.165, 1.54) is 11.3 Å². The van der Waals surface area contributed by atoms with Gasteiger partial charge < -0.3 is 19.4 Å². The van der Waals surface area contributed by atoms with Crippen molar-refractivity contribution < 1.29 is 23.6 Å². The van der Waals surface area contributed by atoms with Gasteiger partial charge in [-0.15, -0.1) is 11.3 Å². The van der Waals surface area contributed by atoms with Crippen molar-refractivity contribution in [3.05, 3.63) is 27.4 Å². The van der Waals surface area contributed by atoms with E-state index in [9.17, 15) is 9.59 Å². The zero-order valence-electron chi connectivity index (χ0n) is 18.0. The molecule has 1 N–H and O–H groups in total. The molecule has 0 atom stereocenters. The van der Waals surface area contributed by atoms with Gasteiger partial charge in [-0.2, -0.15) is 0 Å². The van der Waals surface area contributed by atoms with Crippen LogP contribution in [0.15, 0.2) is 16.9 Å². The number of carbonyl (C=O) groups is 2. The number of hydrogen-bond donors (Lipinski definition) is 1. The Hall–Kier alpha value is -1.64. The molecular formula is C20H30BNO5S. The molecular weight excluding hydrogens is 377 g/mol. The van der Waals surface area contributed by atoms with Gasteiger partial charge in [0.15, 0.2) is 5.78 Å². The first-order chi connectivity index (χ1) is 12.7. The van der Waals surface area contributed by atoms with Crippen LogP contribution in [-0.2, 0) is 14.0 Å². The highest BCUT2D eigenvalue weighted by Crippen LogP contribution is 2.38. The summed E-state index contributed by atoms with van der Waals surface area (Å²) < 4.78 is 17.6. The van der Waals surface area contributed by atoms with Crippen LogP contribution < -0.4 is 5.32 Å². The van der Waals surface area contributed by atoms with Crippen LogP contribution >= 0.6 is 11.3 Å². The molecule has 6 nitrogen and oxygen atoms in total. The topological polar surface area (TPSA) is 73.9 Å². The molecule has 1 aromatic heterocycles. The zero-order chi connectivity index (χ0) is 21.3. The fourth-order valence-corrected chi connectivity index (χ4v) is 3.28. The van der Waals surface area contributed by atoms with Crippen LogP contribution in [0.2, 0.25) is 0 Å². The minimum absolute atomic E-state index is 0.0220. The lowest BCUT2D eigenvalue weighted by atomic mass is 9.77. The van der Waals surface area contributed by atoms with Crippen LogP contribution in [0.5, 0.6) is 0 Å². The number of carbonyl (C=O) groups excluding carboxylic acids is 2. The SMILES string of the molecule is CC(=O)c1cc(C=C(CNC(=O)OC(C)(C)C)B2OC(C)(C)C(C)(C)O2)cs1. The summed E-state index contributed by atoms with van der Waals surface area (Å²) in [4.78, 5) is 24.4. The highest BCUT2D eigenvalue weighted by atomic mass is 32.1. The first-order valence-corrected chi connectivity index (χ1v) is 10.2. The van der Waals surface area contributed by atoms with Gasteiger partial charge in [-0.05, 0) is 77.9 Å². The molecule has 1 aliphatic rings. The standard InChI is InChI=1S/C20H30BNO5S/c1-13(23)16-10-14(12-28-16)9-15(11-22-17(24)25-18(2,3)4)21-26-19(5,6)20(7,8)27-21/h9-10,12H,11H2,1-8H3,(H,22,24). The minimum atomic E-state index is -0.611. The smallest absolute Gasteiger partial charge is 0.444 e. The molecule has 0 aromatic carbocycles. The summed E-state index contributed by atoms with van der Waals surface area (Å²) in [6.45, 7) is 15.1. The average Bonchev–Trinajstić information content (AvgIpc) is 3.04. The van der Waals surface area contributed by atoms with Crippen molar-refractivity contribution in [2.24, 2.45) is 0 Å². The van der Waals surface area contributed by atoms with Gasteiger partial charge in [-0.25, -0.2) is 4.79 Å². The highest BCUT2D eigenvalue weighted by molar-refractivity contribution is 7.12. The molecule has 0 aliphatic carbocycles. The number of alkyl carbamates (subject to hydrolysis) is 1. The van der Waals surface area contributed by atoms with Crippen molar-refractivity contribution in [3.8, 4) is 0 Å². The molecule has 1 aliphatic heterocycles. The fraction of sp³-hybridized carbons (Fsp3) is 0.600. The quantitative estimate of drug-likeness (QED) is 0.575. The van der Waals surface area contributed by atoms with Gasteiger partial charge in [0.25, 0.3) is 0 Å². The number of rotatable bonds is 5. The molecule has 0 bridgehead atoms. The zero-order valence-corrected chi connectivity index (χ0v) is 18.8. The molecule has 1 amide bonds. The summed E-state index contributed by atoms with van der Waals surface area (Å²) in [6, 6.07) is 1.83. The first-order valence-electron chi connectivity index (χ1n) is 9.33. The number of ketones is 1. The Kier molecular flexibility index (Phi) is 6.48. The van der Waals surface area contributed by atoms with Gasteiger partial charge in [-0.1, -0.05) is 6.08 Å². The molecule has 0 radical (unpaired) electrons. The Balaban J connectivity index is 2.24. The molecule has 2 rings (SSSR count). The van der Waals surface area contributed by atoms with Gasteiger partial charge in [0, 0.05) is 6.54 Å². The number of ether oxygens (including phenoxy) is 1. The molecule has 0 unspecified atom stereocenters. The lowest BCUT2D eigenvalue weighted by Gasteiger charge is -2.32. The van der Waals surface area contributed by atoms with Crippen molar-refractivity contribution >= 4 is 36.4 Å². The monoisotopic (exact) mass is 407 g/mol. The molecule has 0 spiro atoms. The van der Waals surface area contributed by atoms with E-state index in [0.29, 0.717) is 4.88 Å².